The van der Waals surface area contributed by atoms with Crippen LogP contribution in [0.5, 0.6) is 0 Å². The van der Waals surface area contributed by atoms with Gasteiger partial charge in [0, 0.05) is 61.3 Å². The van der Waals surface area contributed by atoms with E-state index in [1.807, 2.05) is 9.80 Å². The van der Waals surface area contributed by atoms with E-state index < -0.39 is 79.1 Å². The Hall–Kier alpha value is -4.86. The molecule has 1 aromatic heterocycles. The Morgan fingerprint density at radius 1 is 0.681 bits per heavy atom. The summed E-state index contributed by atoms with van der Waals surface area (Å²) in [5.74, 6) is -1.27. The van der Waals surface area contributed by atoms with Gasteiger partial charge in [-0.2, -0.15) is 5.11 Å². The second-order valence-corrected chi connectivity index (χ2v) is 20.5. The van der Waals surface area contributed by atoms with Crippen molar-refractivity contribution >= 4 is 69.8 Å². The number of amides is 1. The molecule has 6 unspecified atom stereocenters. The first-order valence-corrected chi connectivity index (χ1v) is 25.3. The van der Waals surface area contributed by atoms with Crippen molar-refractivity contribution in [1.29, 1.82) is 0 Å². The zero-order valence-electron chi connectivity index (χ0n) is 39.6. The lowest BCUT2D eigenvalue weighted by Gasteiger charge is -2.26. The zero-order chi connectivity index (χ0) is 52.0. The first-order chi connectivity index (χ1) is 32.1. The summed E-state index contributed by atoms with van der Waals surface area (Å²) >= 11 is 1.07. The maximum atomic E-state index is 13.0. The average molecular weight is 1020 g/mol. The zero-order valence-corrected chi connectivity index (χ0v) is 42.0. The van der Waals surface area contributed by atoms with Crippen LogP contribution in [0.25, 0.3) is 31.6 Å². The highest BCUT2D eigenvalue weighted by molar-refractivity contribution is 7.86. The van der Waals surface area contributed by atoms with Crippen LogP contribution < -0.4 is 5.32 Å². The summed E-state index contributed by atoms with van der Waals surface area (Å²) in [5, 5.41) is 76.4. The van der Waals surface area contributed by atoms with Gasteiger partial charge in [-0.05, 0) is 103 Å². The normalized spacial score (nSPS) is 15.2. The summed E-state index contributed by atoms with van der Waals surface area (Å²) in [6.07, 6.45) is -2.60. The number of azo groups is 1. The van der Waals surface area contributed by atoms with Gasteiger partial charge in [0.05, 0.1) is 62.3 Å². The number of aryl methyl sites for hydroxylation is 1. The lowest BCUT2D eigenvalue weighted by molar-refractivity contribution is -0.113. The van der Waals surface area contributed by atoms with Gasteiger partial charge in [-0.1, -0.05) is 30.3 Å². The summed E-state index contributed by atoms with van der Waals surface area (Å²) in [7, 11) is -9.47. The number of rotatable bonds is 19. The molecule has 4 aromatic carbocycles. The summed E-state index contributed by atoms with van der Waals surface area (Å²) in [6.45, 7) is 15.8. The number of nitrogens with zero attached hydrogens (tertiary/aromatic N) is 5. The molecule has 0 aliphatic carbocycles. The number of aliphatic hydroxyl groups excluding tert-OH is 7. The molecule has 0 saturated heterocycles. The number of carbonyl (C=O) groups excluding carboxylic acids is 1. The number of fused-ring (bicyclic) bond motifs is 2. The minimum absolute atomic E-state index is 0.123. The van der Waals surface area contributed by atoms with Crippen molar-refractivity contribution in [2.24, 2.45) is 10.2 Å². The van der Waals surface area contributed by atoms with Crippen molar-refractivity contribution < 1.29 is 66.5 Å². The molecule has 6 atom stereocenters. The van der Waals surface area contributed by atoms with E-state index in [-0.39, 0.29) is 20.7 Å². The first kappa shape index (κ1) is 58.5. The molecule has 0 fully saturated rings. The molecule has 0 saturated carbocycles. The Kier molecular flexibility index (Phi) is 22.3. The highest BCUT2D eigenvalue weighted by Crippen LogP contribution is 2.36. The number of aromatic nitrogens is 1. The predicted octanol–water partition coefficient (Wildman–Crippen LogP) is 4.61. The molecule has 1 heterocycles. The summed E-state index contributed by atoms with van der Waals surface area (Å²) in [5.41, 5.74) is 1.41. The van der Waals surface area contributed by atoms with Gasteiger partial charge < -0.3 is 50.2 Å². The van der Waals surface area contributed by atoms with E-state index in [1.165, 1.54) is 49.4 Å². The standard InChI is InChI=1S/C28H22N4O8S3.2C9H21NO3/c1-15-9-14-22-25(26(15)43(38,39)40)41-28(30-22)17-10-12-18(13-11-17)31-32-24(16(2)33)27(34)29-21-7-3-6-20-19(21)5-4-8-23(20)42(35,36)37;2*1-7(11)4-10(5-8(2)12)6-9(3)13/h3-14,33H,1-2H3,(H,29,34)(H,35,36,37)(H,38,39,40);2*7-9,11-13H,4-6H2,1-3H3/p-2/b24-16+,32-31?;;. The third-order valence-electron chi connectivity index (χ3n) is 9.43. The largest absolute Gasteiger partial charge is 0.744 e. The van der Waals surface area contributed by atoms with Gasteiger partial charge >= 0.3 is 0 Å². The monoisotopic (exact) mass is 1020 g/mol. The number of carbonyl (C=O) groups is 1. The summed E-state index contributed by atoms with van der Waals surface area (Å²) < 4.78 is 70.7. The molecular formula is C46H62N6O14S3-2. The number of nitrogens with one attached hydrogen (secondary N) is 1. The number of thiazole rings is 1. The molecule has 20 nitrogen and oxygen atoms in total. The van der Waals surface area contributed by atoms with Crippen LogP contribution in [0.2, 0.25) is 0 Å². The molecule has 0 radical (unpaired) electrons. The number of allylic oxidation sites excluding steroid dienone is 1. The number of anilines is 1. The number of hydrogen-bond acceptors (Lipinski definition) is 20. The number of hydrogen-bond donors (Lipinski definition) is 8. The molecule has 0 aliphatic rings. The SMILES string of the molecule is C/C(O)=C(\N=Nc1ccc(-c2nc3ccc(C)c(S(=O)(=O)[O-])c3s2)cc1)C(=O)Nc1cccc2c(S(=O)(=O)[O-])cccc12.CC(O)CN(CC(C)O)CC(C)O.CC(O)CN(CC(C)O)CC(C)O. The van der Waals surface area contributed by atoms with Gasteiger partial charge in [0.1, 0.15) is 31.0 Å². The topological polar surface area (TPSA) is 329 Å². The van der Waals surface area contributed by atoms with Crippen LogP contribution >= 0.6 is 11.3 Å². The van der Waals surface area contributed by atoms with Gasteiger partial charge in [-0.3, -0.25) is 14.6 Å². The fraction of sp³-hybridized carbons (Fsp3) is 0.435. The molecule has 23 heteroatoms. The Labute approximate surface area is 406 Å². The molecule has 0 bridgehead atoms. The Balaban J connectivity index is 0.000000397. The quantitative estimate of drug-likeness (QED) is 0.0242. The van der Waals surface area contributed by atoms with E-state index in [1.54, 1.807) is 78.8 Å². The van der Waals surface area contributed by atoms with E-state index in [4.69, 9.17) is 30.6 Å². The molecule has 0 aliphatic heterocycles. The average Bonchev–Trinajstić information content (AvgIpc) is 3.63. The molecule has 380 valence electrons. The number of aliphatic hydroxyl groups is 7. The molecule has 5 rings (SSSR count). The lowest BCUT2D eigenvalue weighted by atomic mass is 10.1. The van der Waals surface area contributed by atoms with Crippen LogP contribution in [0.1, 0.15) is 54.0 Å². The van der Waals surface area contributed by atoms with Crippen molar-refractivity contribution in [3.63, 3.8) is 0 Å². The summed E-state index contributed by atoms with van der Waals surface area (Å²) in [4.78, 5) is 20.4. The van der Waals surface area contributed by atoms with Gasteiger partial charge in [0.15, 0.2) is 5.70 Å². The minimum atomic E-state index is -4.77. The van der Waals surface area contributed by atoms with Gasteiger partial charge in [-0.15, -0.1) is 16.5 Å². The van der Waals surface area contributed by atoms with Crippen molar-refractivity contribution in [2.45, 2.75) is 102 Å². The lowest BCUT2D eigenvalue weighted by Crippen LogP contribution is -2.40. The highest BCUT2D eigenvalue weighted by atomic mass is 32.2. The maximum absolute atomic E-state index is 13.0. The second-order valence-electron chi connectivity index (χ2n) is 16.8. The van der Waals surface area contributed by atoms with Crippen molar-refractivity contribution in [2.75, 3.05) is 44.6 Å². The fourth-order valence-electron chi connectivity index (χ4n) is 7.04. The van der Waals surface area contributed by atoms with E-state index in [0.29, 0.717) is 72.0 Å². The fourth-order valence-corrected chi connectivity index (χ4v) is 10.0. The van der Waals surface area contributed by atoms with E-state index in [2.05, 4.69) is 20.5 Å². The second kappa shape index (κ2) is 26.4. The van der Waals surface area contributed by atoms with Gasteiger partial charge in [0.2, 0.25) is 0 Å². The van der Waals surface area contributed by atoms with Crippen LogP contribution in [-0.2, 0) is 25.0 Å². The maximum Gasteiger partial charge on any atom is 0.279 e. The van der Waals surface area contributed by atoms with Crippen LogP contribution in [0.3, 0.4) is 0 Å². The molecule has 5 aromatic rings. The molecule has 69 heavy (non-hydrogen) atoms. The van der Waals surface area contributed by atoms with E-state index in [9.17, 15) is 35.8 Å². The predicted molar refractivity (Wildman–Crippen MR) is 261 cm³/mol. The van der Waals surface area contributed by atoms with Crippen LogP contribution in [0.15, 0.2) is 104 Å². The Morgan fingerprint density at radius 3 is 1.58 bits per heavy atom. The van der Waals surface area contributed by atoms with E-state index in [0.717, 1.165) is 11.3 Å². The highest BCUT2D eigenvalue weighted by Gasteiger charge is 2.19. The van der Waals surface area contributed by atoms with Crippen molar-refractivity contribution in [3.8, 4) is 10.6 Å². The first-order valence-electron chi connectivity index (χ1n) is 21.7. The van der Waals surface area contributed by atoms with Gasteiger partial charge in [0.25, 0.3) is 5.91 Å². The Bertz CT molecular complexity index is 2680. The molecule has 0 spiro atoms. The van der Waals surface area contributed by atoms with Gasteiger partial charge in [-0.25, -0.2) is 21.8 Å². The Morgan fingerprint density at radius 2 is 1.14 bits per heavy atom. The van der Waals surface area contributed by atoms with E-state index >= 15 is 0 Å². The number of benzene rings is 4. The summed E-state index contributed by atoms with van der Waals surface area (Å²) in [6, 6.07) is 18.1. The third-order valence-corrected chi connectivity index (χ3v) is 12.6. The van der Waals surface area contributed by atoms with Crippen molar-refractivity contribution in [3.05, 3.63) is 89.8 Å². The van der Waals surface area contributed by atoms with Crippen LogP contribution in [0, 0.1) is 6.92 Å². The van der Waals surface area contributed by atoms with Crippen LogP contribution in [-0.4, -0.2) is 158 Å². The molecule has 8 N–H and O–H groups in total. The van der Waals surface area contributed by atoms with Crippen molar-refractivity contribution in [1.82, 2.24) is 14.8 Å². The minimum Gasteiger partial charge on any atom is -0.744 e. The van der Waals surface area contributed by atoms with Crippen LogP contribution in [0.4, 0.5) is 11.4 Å². The third kappa shape index (κ3) is 19.1. The molecule has 1 amide bonds. The molecular weight excluding hydrogens is 957 g/mol. The smallest absolute Gasteiger partial charge is 0.279 e.